The summed E-state index contributed by atoms with van der Waals surface area (Å²) in [5.41, 5.74) is 1.07. The molecule has 0 aromatic heterocycles. The van der Waals surface area contributed by atoms with Crippen molar-refractivity contribution in [1.82, 2.24) is 5.32 Å². The Balaban J connectivity index is 2.20. The number of unbranched alkanes of at least 4 members (excludes halogenated alkanes) is 1. The van der Waals surface area contributed by atoms with E-state index in [1.807, 2.05) is 18.2 Å². The lowest BCUT2D eigenvalue weighted by atomic mass is 10.1. The molecule has 1 rings (SSSR count). The van der Waals surface area contributed by atoms with E-state index in [1.165, 1.54) is 19.3 Å². The Bertz CT molecular complexity index is 337. The van der Waals surface area contributed by atoms with Gasteiger partial charge in [-0.25, -0.2) is 0 Å². The highest BCUT2D eigenvalue weighted by Gasteiger charge is 2.00. The fourth-order valence-electron chi connectivity index (χ4n) is 1.70. The maximum atomic E-state index is 6.08. The van der Waals surface area contributed by atoms with Gasteiger partial charge in [0, 0.05) is 16.6 Å². The number of benzene rings is 1. The first-order valence-corrected chi connectivity index (χ1v) is 7.00. The fraction of sp³-hybridized carbons (Fsp3) is 0.571. The third kappa shape index (κ3) is 6.30. The summed E-state index contributed by atoms with van der Waals surface area (Å²) in [6, 6.07) is 5.58. The highest BCUT2D eigenvalue weighted by Crippen LogP contribution is 2.20. The van der Waals surface area contributed by atoms with Gasteiger partial charge in [-0.1, -0.05) is 49.9 Å². The van der Waals surface area contributed by atoms with Crippen LogP contribution in [0.2, 0.25) is 10.0 Å². The zero-order valence-corrected chi connectivity index (χ0v) is 12.1. The Labute approximate surface area is 115 Å². The SMILES string of the molecule is CC(C)CCCCNCc1cc(Cl)ccc1Cl. The molecule has 0 aliphatic heterocycles. The third-order valence-electron chi connectivity index (χ3n) is 2.71. The molecule has 17 heavy (non-hydrogen) atoms. The molecule has 1 nitrogen and oxygen atoms in total. The van der Waals surface area contributed by atoms with Gasteiger partial charge in [-0.3, -0.25) is 0 Å². The maximum absolute atomic E-state index is 6.08. The molecule has 0 aliphatic rings. The van der Waals surface area contributed by atoms with Crippen molar-refractivity contribution in [3.8, 4) is 0 Å². The van der Waals surface area contributed by atoms with Crippen molar-refractivity contribution >= 4 is 23.2 Å². The standard InChI is InChI=1S/C14H21Cl2N/c1-11(2)5-3-4-8-17-10-12-9-13(15)6-7-14(12)16/h6-7,9,11,17H,3-5,8,10H2,1-2H3. The molecule has 3 heteroatoms. The summed E-state index contributed by atoms with van der Waals surface area (Å²) in [6.45, 7) is 6.36. The van der Waals surface area contributed by atoms with Crippen molar-refractivity contribution in [3.05, 3.63) is 33.8 Å². The highest BCUT2D eigenvalue weighted by atomic mass is 35.5. The van der Waals surface area contributed by atoms with Crippen LogP contribution in [0.1, 0.15) is 38.7 Å². The molecule has 0 radical (unpaired) electrons. The smallest absolute Gasteiger partial charge is 0.0451 e. The Morgan fingerprint density at radius 2 is 1.94 bits per heavy atom. The molecule has 0 saturated heterocycles. The zero-order chi connectivity index (χ0) is 12.7. The van der Waals surface area contributed by atoms with Crippen LogP contribution >= 0.6 is 23.2 Å². The fourth-order valence-corrected chi connectivity index (χ4v) is 2.08. The van der Waals surface area contributed by atoms with E-state index in [9.17, 15) is 0 Å². The van der Waals surface area contributed by atoms with Crippen LogP contribution in [0.4, 0.5) is 0 Å². The van der Waals surface area contributed by atoms with E-state index in [4.69, 9.17) is 23.2 Å². The van der Waals surface area contributed by atoms with E-state index in [0.717, 1.165) is 34.6 Å². The van der Waals surface area contributed by atoms with Gasteiger partial charge in [-0.05, 0) is 42.6 Å². The van der Waals surface area contributed by atoms with Gasteiger partial charge in [0.15, 0.2) is 0 Å². The van der Waals surface area contributed by atoms with Crippen LogP contribution in [0.25, 0.3) is 0 Å². The third-order valence-corrected chi connectivity index (χ3v) is 3.31. The summed E-state index contributed by atoms with van der Waals surface area (Å²) >= 11 is 12.0. The van der Waals surface area contributed by atoms with Crippen LogP contribution in [-0.4, -0.2) is 6.54 Å². The van der Waals surface area contributed by atoms with E-state index < -0.39 is 0 Å². The Morgan fingerprint density at radius 3 is 2.65 bits per heavy atom. The minimum absolute atomic E-state index is 0.742. The number of rotatable bonds is 7. The summed E-state index contributed by atoms with van der Waals surface area (Å²) in [5, 5.41) is 4.92. The minimum atomic E-state index is 0.742. The largest absolute Gasteiger partial charge is 0.313 e. The van der Waals surface area contributed by atoms with Crippen LogP contribution < -0.4 is 5.32 Å². The van der Waals surface area contributed by atoms with Crippen molar-refractivity contribution < 1.29 is 0 Å². The van der Waals surface area contributed by atoms with Crippen molar-refractivity contribution in [2.75, 3.05) is 6.54 Å². The second-order valence-corrected chi connectivity index (χ2v) is 5.65. The summed E-state index contributed by atoms with van der Waals surface area (Å²) in [4.78, 5) is 0. The number of halogens is 2. The summed E-state index contributed by atoms with van der Waals surface area (Å²) < 4.78 is 0. The topological polar surface area (TPSA) is 12.0 Å². The second kappa shape index (κ2) is 7.97. The minimum Gasteiger partial charge on any atom is -0.313 e. The maximum Gasteiger partial charge on any atom is 0.0451 e. The number of nitrogens with one attached hydrogen (secondary N) is 1. The molecule has 1 aromatic carbocycles. The molecule has 0 bridgehead atoms. The van der Waals surface area contributed by atoms with Crippen molar-refractivity contribution in [2.45, 2.75) is 39.7 Å². The van der Waals surface area contributed by atoms with Crippen molar-refractivity contribution in [1.29, 1.82) is 0 Å². The van der Waals surface area contributed by atoms with Crippen LogP contribution in [0.15, 0.2) is 18.2 Å². The van der Waals surface area contributed by atoms with Gasteiger partial charge in [0.05, 0.1) is 0 Å². The molecule has 1 aromatic rings. The van der Waals surface area contributed by atoms with Gasteiger partial charge >= 0.3 is 0 Å². The van der Waals surface area contributed by atoms with E-state index >= 15 is 0 Å². The lowest BCUT2D eigenvalue weighted by molar-refractivity contribution is 0.520. The van der Waals surface area contributed by atoms with E-state index in [1.54, 1.807) is 0 Å². The van der Waals surface area contributed by atoms with Crippen LogP contribution in [0.5, 0.6) is 0 Å². The predicted octanol–water partition coefficient (Wildman–Crippen LogP) is 4.91. The van der Waals surface area contributed by atoms with Gasteiger partial charge in [0.2, 0.25) is 0 Å². The van der Waals surface area contributed by atoms with E-state index in [0.29, 0.717) is 0 Å². The first-order chi connectivity index (χ1) is 8.09. The first kappa shape index (κ1) is 14.8. The molecule has 0 fully saturated rings. The van der Waals surface area contributed by atoms with Gasteiger partial charge in [0.1, 0.15) is 0 Å². The van der Waals surface area contributed by atoms with Gasteiger partial charge in [-0.2, -0.15) is 0 Å². The quantitative estimate of drug-likeness (QED) is 0.697. The molecule has 0 amide bonds. The Kier molecular flexibility index (Phi) is 6.94. The lowest BCUT2D eigenvalue weighted by Gasteiger charge is -2.08. The van der Waals surface area contributed by atoms with Crippen molar-refractivity contribution in [2.24, 2.45) is 5.92 Å². The molecular weight excluding hydrogens is 253 g/mol. The molecule has 96 valence electrons. The van der Waals surface area contributed by atoms with Gasteiger partial charge in [0.25, 0.3) is 0 Å². The Morgan fingerprint density at radius 1 is 1.18 bits per heavy atom. The van der Waals surface area contributed by atoms with Crippen LogP contribution in [0.3, 0.4) is 0 Å². The van der Waals surface area contributed by atoms with Crippen LogP contribution in [-0.2, 0) is 6.54 Å². The lowest BCUT2D eigenvalue weighted by Crippen LogP contribution is -2.15. The van der Waals surface area contributed by atoms with Crippen molar-refractivity contribution in [3.63, 3.8) is 0 Å². The van der Waals surface area contributed by atoms with Gasteiger partial charge < -0.3 is 5.32 Å². The average molecular weight is 274 g/mol. The average Bonchev–Trinajstić information content (AvgIpc) is 2.27. The molecule has 0 atom stereocenters. The summed E-state index contributed by atoms with van der Waals surface area (Å²) in [6.07, 6.45) is 3.81. The highest BCUT2D eigenvalue weighted by molar-refractivity contribution is 6.33. The van der Waals surface area contributed by atoms with E-state index in [-0.39, 0.29) is 0 Å². The molecule has 0 spiro atoms. The Hall–Kier alpha value is -0.240. The van der Waals surface area contributed by atoms with Crippen LogP contribution in [0, 0.1) is 5.92 Å². The summed E-state index contributed by atoms with van der Waals surface area (Å²) in [7, 11) is 0. The zero-order valence-electron chi connectivity index (χ0n) is 10.6. The molecular formula is C14H21Cl2N. The number of hydrogen-bond acceptors (Lipinski definition) is 1. The first-order valence-electron chi connectivity index (χ1n) is 6.24. The molecule has 1 N–H and O–H groups in total. The monoisotopic (exact) mass is 273 g/mol. The molecule has 0 unspecified atom stereocenters. The summed E-state index contributed by atoms with van der Waals surface area (Å²) in [5.74, 6) is 0.803. The molecule has 0 saturated carbocycles. The second-order valence-electron chi connectivity index (χ2n) is 4.80. The predicted molar refractivity (Wildman–Crippen MR) is 76.9 cm³/mol. The molecule has 0 aliphatic carbocycles. The normalized spacial score (nSPS) is 11.1. The van der Waals surface area contributed by atoms with Gasteiger partial charge in [-0.15, -0.1) is 0 Å². The van der Waals surface area contributed by atoms with E-state index in [2.05, 4.69) is 19.2 Å². The number of hydrogen-bond donors (Lipinski definition) is 1. The molecule has 0 heterocycles.